The molecular formula is C19H23BrN2O2. The number of methoxy groups -OCH3 is 1. The summed E-state index contributed by atoms with van der Waals surface area (Å²) in [6.45, 7) is 6.54. The number of carbonyl (C=O) groups is 1. The van der Waals surface area contributed by atoms with Crippen molar-refractivity contribution in [2.75, 3.05) is 20.2 Å². The number of halogens is 1. The van der Waals surface area contributed by atoms with Gasteiger partial charge in [0.1, 0.15) is 11.4 Å². The standard InChI is InChI=1S/C19H23N2O2.BrH/c1-4-17-18-10-5-14(2)21(18)12-11-20(17)13-19(22)15-6-8-16(23-3)9-7-15;/h5-10H,4,11-13H2,1-3H3;1H/q+1;/p-1. The smallest absolute Gasteiger partial charge is 0.227 e. The Bertz CT molecular complexity index is 760. The summed E-state index contributed by atoms with van der Waals surface area (Å²) in [5, 5.41) is 0. The number of hydrogen-bond acceptors (Lipinski definition) is 2. The maximum atomic E-state index is 12.6. The molecule has 0 bridgehead atoms. The zero-order valence-electron chi connectivity index (χ0n) is 14.4. The number of benzene rings is 1. The van der Waals surface area contributed by atoms with Crippen LogP contribution >= 0.6 is 0 Å². The molecule has 0 amide bonds. The number of carbonyl (C=O) groups excluding carboxylic acids is 1. The summed E-state index contributed by atoms with van der Waals surface area (Å²) in [4.78, 5) is 12.6. The van der Waals surface area contributed by atoms with Gasteiger partial charge in [-0.1, -0.05) is 6.92 Å². The number of aromatic nitrogens is 1. The molecule has 0 spiro atoms. The summed E-state index contributed by atoms with van der Waals surface area (Å²) >= 11 is 0. The molecule has 0 radical (unpaired) electrons. The molecule has 0 aliphatic carbocycles. The molecule has 0 N–H and O–H groups in total. The first kappa shape index (κ1) is 18.5. The minimum atomic E-state index is 0. The summed E-state index contributed by atoms with van der Waals surface area (Å²) in [5.41, 5.74) is 4.52. The summed E-state index contributed by atoms with van der Waals surface area (Å²) in [6.07, 6.45) is 0.930. The number of rotatable bonds is 5. The molecule has 0 saturated heterocycles. The Hall–Kier alpha value is -1.88. The van der Waals surface area contributed by atoms with Crippen LogP contribution in [0.2, 0.25) is 0 Å². The van der Waals surface area contributed by atoms with Gasteiger partial charge in [0.2, 0.25) is 12.3 Å². The first-order valence-corrected chi connectivity index (χ1v) is 8.08. The quantitative estimate of drug-likeness (QED) is 0.528. The first-order chi connectivity index (χ1) is 11.1. The zero-order valence-corrected chi connectivity index (χ0v) is 16.0. The summed E-state index contributed by atoms with van der Waals surface area (Å²) in [5.74, 6) is 0.920. The molecule has 0 unspecified atom stereocenters. The van der Waals surface area contributed by atoms with Gasteiger partial charge in [-0.2, -0.15) is 0 Å². The molecule has 128 valence electrons. The van der Waals surface area contributed by atoms with Crippen molar-refractivity contribution >= 4 is 11.5 Å². The molecule has 0 fully saturated rings. The van der Waals surface area contributed by atoms with Crippen LogP contribution in [0.3, 0.4) is 0 Å². The van der Waals surface area contributed by atoms with E-state index in [0.29, 0.717) is 6.54 Å². The molecule has 4 nitrogen and oxygen atoms in total. The van der Waals surface area contributed by atoms with E-state index in [-0.39, 0.29) is 22.8 Å². The topological polar surface area (TPSA) is 34.2 Å². The van der Waals surface area contributed by atoms with Crippen molar-refractivity contribution in [3.63, 3.8) is 0 Å². The van der Waals surface area contributed by atoms with Crippen molar-refractivity contribution < 1.29 is 31.1 Å². The molecular weight excluding hydrogens is 368 g/mol. The van der Waals surface area contributed by atoms with Gasteiger partial charge in [0, 0.05) is 17.7 Å². The predicted molar refractivity (Wildman–Crippen MR) is 90.9 cm³/mol. The SMILES string of the molecule is CCC1=[N+](CC(=O)c2ccc(OC)cc2)CCn2c(C)ccc21.[Br-]. The summed E-state index contributed by atoms with van der Waals surface area (Å²) < 4.78 is 9.71. The van der Waals surface area contributed by atoms with E-state index >= 15 is 0 Å². The van der Waals surface area contributed by atoms with Crippen LogP contribution in [0.25, 0.3) is 0 Å². The zero-order chi connectivity index (χ0) is 16.4. The molecule has 2 heterocycles. The van der Waals surface area contributed by atoms with Crippen LogP contribution in [-0.2, 0) is 6.54 Å². The van der Waals surface area contributed by atoms with Crippen LogP contribution in [0.1, 0.15) is 35.1 Å². The molecule has 1 aliphatic rings. The molecule has 0 atom stereocenters. The van der Waals surface area contributed by atoms with Gasteiger partial charge < -0.3 is 26.3 Å². The molecule has 0 saturated carbocycles. The van der Waals surface area contributed by atoms with Gasteiger partial charge in [0.25, 0.3) is 0 Å². The lowest BCUT2D eigenvalue weighted by Gasteiger charge is -2.18. The highest BCUT2D eigenvalue weighted by molar-refractivity contribution is 5.99. The van der Waals surface area contributed by atoms with E-state index in [2.05, 4.69) is 35.1 Å². The number of Topliss-reactive ketones (excluding diaryl/α,β-unsaturated/α-hetero) is 1. The number of ether oxygens (including phenoxy) is 1. The highest BCUT2D eigenvalue weighted by Gasteiger charge is 2.27. The fourth-order valence-corrected chi connectivity index (χ4v) is 3.26. The Balaban J connectivity index is 0.00000208. The van der Waals surface area contributed by atoms with Crippen molar-refractivity contribution in [2.24, 2.45) is 0 Å². The molecule has 2 aromatic rings. The number of fused-ring (bicyclic) bond motifs is 1. The number of ketones is 1. The van der Waals surface area contributed by atoms with Gasteiger partial charge in [0.05, 0.1) is 13.7 Å². The van der Waals surface area contributed by atoms with Gasteiger partial charge >= 0.3 is 0 Å². The fraction of sp³-hybridized carbons (Fsp3) is 0.368. The second kappa shape index (κ2) is 7.79. The fourth-order valence-electron chi connectivity index (χ4n) is 3.26. The Morgan fingerprint density at radius 3 is 2.54 bits per heavy atom. The maximum Gasteiger partial charge on any atom is 0.227 e. The average Bonchev–Trinajstić information content (AvgIpc) is 2.96. The highest BCUT2D eigenvalue weighted by Crippen LogP contribution is 2.17. The third-order valence-corrected chi connectivity index (χ3v) is 4.55. The Labute approximate surface area is 153 Å². The maximum absolute atomic E-state index is 12.6. The van der Waals surface area contributed by atoms with Crippen LogP contribution in [0.4, 0.5) is 0 Å². The van der Waals surface area contributed by atoms with Gasteiger partial charge in [-0.05, 0) is 43.3 Å². The summed E-state index contributed by atoms with van der Waals surface area (Å²) in [7, 11) is 1.63. The second-order valence-electron chi connectivity index (χ2n) is 5.89. The van der Waals surface area contributed by atoms with E-state index in [1.54, 1.807) is 7.11 Å². The third-order valence-electron chi connectivity index (χ3n) is 4.55. The third kappa shape index (κ3) is 3.46. The van der Waals surface area contributed by atoms with E-state index in [1.165, 1.54) is 17.1 Å². The largest absolute Gasteiger partial charge is 1.00 e. The Morgan fingerprint density at radius 1 is 1.21 bits per heavy atom. The Morgan fingerprint density at radius 2 is 1.92 bits per heavy atom. The lowest BCUT2D eigenvalue weighted by atomic mass is 10.1. The van der Waals surface area contributed by atoms with Crippen molar-refractivity contribution in [3.8, 4) is 5.75 Å². The van der Waals surface area contributed by atoms with E-state index in [1.807, 2.05) is 24.3 Å². The lowest BCUT2D eigenvalue weighted by molar-refractivity contribution is -0.519. The Kier molecular flexibility index (Phi) is 5.99. The van der Waals surface area contributed by atoms with Gasteiger partial charge in [-0.3, -0.25) is 4.79 Å². The van der Waals surface area contributed by atoms with Crippen molar-refractivity contribution in [2.45, 2.75) is 26.8 Å². The first-order valence-electron chi connectivity index (χ1n) is 8.08. The van der Waals surface area contributed by atoms with Crippen LogP contribution in [-0.4, -0.2) is 40.8 Å². The average molecular weight is 391 g/mol. The van der Waals surface area contributed by atoms with Gasteiger partial charge in [-0.15, -0.1) is 0 Å². The van der Waals surface area contributed by atoms with Crippen molar-refractivity contribution in [1.82, 2.24) is 4.57 Å². The molecule has 1 aromatic carbocycles. The van der Waals surface area contributed by atoms with Crippen LogP contribution in [0.5, 0.6) is 5.75 Å². The highest BCUT2D eigenvalue weighted by atomic mass is 79.9. The molecule has 1 aromatic heterocycles. The number of aryl methyl sites for hydroxylation is 1. The minimum absolute atomic E-state index is 0. The molecule has 5 heteroatoms. The van der Waals surface area contributed by atoms with Crippen molar-refractivity contribution in [3.05, 3.63) is 53.3 Å². The van der Waals surface area contributed by atoms with E-state index in [4.69, 9.17) is 4.74 Å². The normalized spacial score (nSPS) is 13.3. The number of nitrogens with zero attached hydrogens (tertiary/aromatic N) is 2. The molecule has 1 aliphatic heterocycles. The van der Waals surface area contributed by atoms with Gasteiger partial charge in [-0.25, -0.2) is 4.58 Å². The van der Waals surface area contributed by atoms with E-state index in [0.717, 1.165) is 30.8 Å². The lowest BCUT2D eigenvalue weighted by Crippen LogP contribution is -3.00. The van der Waals surface area contributed by atoms with Gasteiger partial charge in [0.15, 0.2) is 12.3 Å². The van der Waals surface area contributed by atoms with E-state index in [9.17, 15) is 4.79 Å². The second-order valence-corrected chi connectivity index (χ2v) is 5.89. The van der Waals surface area contributed by atoms with E-state index < -0.39 is 0 Å². The monoisotopic (exact) mass is 390 g/mol. The minimum Gasteiger partial charge on any atom is -1.00 e. The van der Waals surface area contributed by atoms with Crippen molar-refractivity contribution in [1.29, 1.82) is 0 Å². The number of hydrogen-bond donors (Lipinski definition) is 0. The predicted octanol–water partition coefficient (Wildman–Crippen LogP) is -0.0828. The molecule has 3 rings (SSSR count). The van der Waals surface area contributed by atoms with Crippen LogP contribution in [0, 0.1) is 6.92 Å². The van der Waals surface area contributed by atoms with Crippen LogP contribution in [0.15, 0.2) is 36.4 Å². The molecule has 24 heavy (non-hydrogen) atoms. The van der Waals surface area contributed by atoms with Crippen LogP contribution < -0.4 is 21.7 Å². The summed E-state index contributed by atoms with van der Waals surface area (Å²) in [6, 6.07) is 11.7.